The molecule has 4 rings (SSSR count). The van der Waals surface area contributed by atoms with Crippen molar-refractivity contribution in [3.05, 3.63) is 56.7 Å². The summed E-state index contributed by atoms with van der Waals surface area (Å²) in [6.07, 6.45) is 6.46. The predicted octanol–water partition coefficient (Wildman–Crippen LogP) is 2.41. The van der Waals surface area contributed by atoms with Crippen molar-refractivity contribution in [3.63, 3.8) is 0 Å². The molecule has 0 unspecified atom stereocenters. The van der Waals surface area contributed by atoms with Crippen molar-refractivity contribution in [1.82, 2.24) is 19.1 Å². The Labute approximate surface area is 157 Å². The molecule has 0 bridgehead atoms. The largest absolute Gasteiger partial charge is 0.353 e. The van der Waals surface area contributed by atoms with Crippen LogP contribution in [0.1, 0.15) is 37.7 Å². The van der Waals surface area contributed by atoms with Crippen molar-refractivity contribution >= 4 is 17.1 Å². The van der Waals surface area contributed by atoms with Crippen molar-refractivity contribution in [2.75, 3.05) is 5.32 Å². The highest BCUT2D eigenvalue weighted by atomic mass is 16.2. The van der Waals surface area contributed by atoms with Crippen LogP contribution in [-0.4, -0.2) is 25.1 Å². The molecule has 0 aliphatic heterocycles. The van der Waals surface area contributed by atoms with Crippen LogP contribution < -0.4 is 16.6 Å². The molecule has 0 atom stereocenters. The van der Waals surface area contributed by atoms with Crippen LogP contribution in [0.2, 0.25) is 0 Å². The van der Waals surface area contributed by atoms with Gasteiger partial charge in [-0.15, -0.1) is 0 Å². The second kappa shape index (κ2) is 7.42. The highest BCUT2D eigenvalue weighted by molar-refractivity contribution is 5.74. The number of fused-ring (bicyclic) bond motifs is 1. The quantitative estimate of drug-likeness (QED) is 0.701. The van der Waals surface area contributed by atoms with Crippen molar-refractivity contribution in [1.29, 1.82) is 0 Å². The minimum atomic E-state index is -0.436. The van der Waals surface area contributed by atoms with Gasteiger partial charge in [0, 0.05) is 19.6 Å². The lowest BCUT2D eigenvalue weighted by Gasteiger charge is -2.15. The summed E-state index contributed by atoms with van der Waals surface area (Å²) in [6.45, 7) is 0.668. The van der Waals surface area contributed by atoms with Crippen molar-refractivity contribution < 1.29 is 0 Å². The number of hydrogen-bond acceptors (Lipinski definition) is 4. The number of anilines is 1. The van der Waals surface area contributed by atoms with Gasteiger partial charge in [0.2, 0.25) is 5.95 Å². The number of nitrogens with one attached hydrogen (secondary N) is 2. The molecule has 142 valence electrons. The standard InChI is InChI=1S/C20H25N5O2/c1-24-17-16(18(26)23-20(24)27)25(13-7-10-14-8-3-2-4-9-14)19(22-17)21-15-11-5-6-12-15/h2-4,8-9,15H,5-7,10-13H2,1H3,(H,21,22)(H,23,26,27). The molecule has 7 nitrogen and oxygen atoms in total. The third kappa shape index (κ3) is 3.54. The fourth-order valence-electron chi connectivity index (χ4n) is 3.90. The number of rotatable bonds is 6. The average Bonchev–Trinajstić information content (AvgIpc) is 3.30. The first-order valence-electron chi connectivity index (χ1n) is 9.63. The molecule has 1 aromatic carbocycles. The van der Waals surface area contributed by atoms with Gasteiger partial charge in [-0.3, -0.25) is 14.3 Å². The minimum Gasteiger partial charge on any atom is -0.353 e. The van der Waals surface area contributed by atoms with E-state index in [-0.39, 0.29) is 5.56 Å². The zero-order chi connectivity index (χ0) is 18.8. The van der Waals surface area contributed by atoms with Crippen LogP contribution in [0, 0.1) is 0 Å². The van der Waals surface area contributed by atoms with Crippen LogP contribution in [0.5, 0.6) is 0 Å². The highest BCUT2D eigenvalue weighted by Crippen LogP contribution is 2.24. The van der Waals surface area contributed by atoms with Crippen LogP contribution in [0.4, 0.5) is 5.95 Å². The van der Waals surface area contributed by atoms with E-state index >= 15 is 0 Å². The Morgan fingerprint density at radius 2 is 1.93 bits per heavy atom. The van der Waals surface area contributed by atoms with E-state index in [2.05, 4.69) is 27.4 Å². The lowest BCUT2D eigenvalue weighted by molar-refractivity contribution is 0.645. The molecule has 1 fully saturated rings. The molecule has 1 saturated carbocycles. The zero-order valence-electron chi connectivity index (χ0n) is 15.6. The number of aromatic amines is 1. The first kappa shape index (κ1) is 17.6. The van der Waals surface area contributed by atoms with Crippen LogP contribution in [0.3, 0.4) is 0 Å². The topological polar surface area (TPSA) is 84.7 Å². The number of aryl methyl sites for hydroxylation is 3. The summed E-state index contributed by atoms with van der Waals surface area (Å²) < 4.78 is 3.35. The third-order valence-corrected chi connectivity index (χ3v) is 5.39. The van der Waals surface area contributed by atoms with Crippen LogP contribution in [0.15, 0.2) is 39.9 Å². The molecule has 0 radical (unpaired) electrons. The zero-order valence-corrected chi connectivity index (χ0v) is 15.6. The summed E-state index contributed by atoms with van der Waals surface area (Å²) in [4.78, 5) is 31.5. The van der Waals surface area contributed by atoms with E-state index in [1.807, 2.05) is 22.8 Å². The smallest absolute Gasteiger partial charge is 0.329 e. The SMILES string of the molecule is Cn1c(=O)[nH]c(=O)c2c1nc(NC1CCCC1)n2CCCc1ccccc1. The van der Waals surface area contributed by atoms with Crippen LogP contribution >= 0.6 is 0 Å². The Morgan fingerprint density at radius 1 is 1.19 bits per heavy atom. The Hall–Kier alpha value is -2.83. The molecule has 1 aliphatic carbocycles. The highest BCUT2D eigenvalue weighted by Gasteiger charge is 2.21. The van der Waals surface area contributed by atoms with Gasteiger partial charge in [-0.25, -0.2) is 4.79 Å². The Bertz CT molecular complexity index is 1040. The number of nitrogens with zero attached hydrogens (tertiary/aromatic N) is 3. The van der Waals surface area contributed by atoms with Crippen LogP contribution in [0.25, 0.3) is 11.2 Å². The molecule has 3 aromatic rings. The monoisotopic (exact) mass is 367 g/mol. The minimum absolute atomic E-state index is 0.375. The predicted molar refractivity (Wildman–Crippen MR) is 106 cm³/mol. The van der Waals surface area contributed by atoms with Gasteiger partial charge in [0.15, 0.2) is 11.2 Å². The van der Waals surface area contributed by atoms with E-state index in [0.29, 0.717) is 29.7 Å². The number of imidazole rings is 1. The van der Waals surface area contributed by atoms with Gasteiger partial charge in [0.05, 0.1) is 0 Å². The summed E-state index contributed by atoms with van der Waals surface area (Å²) in [6, 6.07) is 10.7. The summed E-state index contributed by atoms with van der Waals surface area (Å²) >= 11 is 0. The fraction of sp³-hybridized carbons (Fsp3) is 0.450. The lowest BCUT2D eigenvalue weighted by Crippen LogP contribution is -2.29. The van der Waals surface area contributed by atoms with Gasteiger partial charge < -0.3 is 9.88 Å². The second-order valence-corrected chi connectivity index (χ2v) is 7.29. The molecule has 2 N–H and O–H groups in total. The van der Waals surface area contributed by atoms with E-state index in [1.54, 1.807) is 7.05 Å². The molecule has 1 aliphatic rings. The summed E-state index contributed by atoms with van der Waals surface area (Å²) in [5.41, 5.74) is 1.36. The molecule has 0 amide bonds. The first-order valence-corrected chi connectivity index (χ1v) is 9.63. The van der Waals surface area contributed by atoms with Gasteiger partial charge in [0.1, 0.15) is 0 Å². The number of benzene rings is 1. The molecule has 0 saturated heterocycles. The molecule has 2 aromatic heterocycles. The number of hydrogen-bond donors (Lipinski definition) is 2. The Balaban J connectivity index is 1.67. The normalized spacial score (nSPS) is 14.9. The van der Waals surface area contributed by atoms with Gasteiger partial charge in [-0.1, -0.05) is 43.2 Å². The maximum Gasteiger partial charge on any atom is 0.329 e. The van der Waals surface area contributed by atoms with E-state index < -0.39 is 5.69 Å². The molecular formula is C20H25N5O2. The molecule has 27 heavy (non-hydrogen) atoms. The molecule has 0 spiro atoms. The summed E-state index contributed by atoms with van der Waals surface area (Å²) in [5.74, 6) is 0.691. The van der Waals surface area contributed by atoms with Gasteiger partial charge in [0.25, 0.3) is 5.56 Å². The number of H-pyrrole nitrogens is 1. The molecular weight excluding hydrogens is 342 g/mol. The van der Waals surface area contributed by atoms with Crippen molar-refractivity contribution in [2.24, 2.45) is 7.05 Å². The summed E-state index contributed by atoms with van der Waals surface area (Å²) in [5, 5.41) is 3.51. The maximum absolute atomic E-state index is 12.5. The lowest BCUT2D eigenvalue weighted by atomic mass is 10.1. The van der Waals surface area contributed by atoms with Crippen LogP contribution in [-0.2, 0) is 20.0 Å². The molecule has 2 heterocycles. The van der Waals surface area contributed by atoms with E-state index in [9.17, 15) is 9.59 Å². The number of aromatic nitrogens is 4. The van der Waals surface area contributed by atoms with E-state index in [4.69, 9.17) is 0 Å². The second-order valence-electron chi connectivity index (χ2n) is 7.29. The average molecular weight is 367 g/mol. The maximum atomic E-state index is 12.5. The van der Waals surface area contributed by atoms with E-state index in [1.165, 1.54) is 23.0 Å². The van der Waals surface area contributed by atoms with Gasteiger partial charge in [-0.2, -0.15) is 4.98 Å². The molecule has 7 heteroatoms. The third-order valence-electron chi connectivity index (χ3n) is 5.39. The van der Waals surface area contributed by atoms with Crippen molar-refractivity contribution in [3.8, 4) is 0 Å². The van der Waals surface area contributed by atoms with E-state index in [0.717, 1.165) is 25.7 Å². The van der Waals surface area contributed by atoms with Crippen molar-refractivity contribution in [2.45, 2.75) is 51.1 Å². The van der Waals surface area contributed by atoms with Gasteiger partial charge in [-0.05, 0) is 31.2 Å². The fourth-order valence-corrected chi connectivity index (χ4v) is 3.90. The Morgan fingerprint density at radius 3 is 2.67 bits per heavy atom. The Kier molecular flexibility index (Phi) is 4.83. The first-order chi connectivity index (χ1) is 13.1. The summed E-state index contributed by atoms with van der Waals surface area (Å²) in [7, 11) is 1.64. The van der Waals surface area contributed by atoms with Gasteiger partial charge >= 0.3 is 5.69 Å².